The summed E-state index contributed by atoms with van der Waals surface area (Å²) >= 11 is 0. The Morgan fingerprint density at radius 2 is 2.31 bits per heavy atom. The molecule has 88 valence electrons. The van der Waals surface area contributed by atoms with Crippen LogP contribution in [0.4, 0.5) is 4.79 Å². The third-order valence-electron chi connectivity index (χ3n) is 1.93. The van der Waals surface area contributed by atoms with E-state index in [-0.39, 0.29) is 0 Å². The van der Waals surface area contributed by atoms with Gasteiger partial charge in [-0.2, -0.15) is 5.10 Å². The highest BCUT2D eigenvalue weighted by atomic mass is 16.4. The number of aliphatic carboxylic acids is 1. The number of nitrogens with one attached hydrogen (secondary N) is 2. The molecule has 0 saturated carbocycles. The summed E-state index contributed by atoms with van der Waals surface area (Å²) in [5.74, 6) is -1.07. The van der Waals surface area contributed by atoms with Crippen LogP contribution in [0.2, 0.25) is 0 Å². The highest BCUT2D eigenvalue weighted by Gasteiger charge is 2.13. The SMILES string of the molecule is CC(NC(=O)NCc1cnn(C)c1)C(=O)O. The van der Waals surface area contributed by atoms with E-state index in [1.165, 1.54) is 6.92 Å². The van der Waals surface area contributed by atoms with Crippen LogP contribution in [0, 0.1) is 0 Å². The van der Waals surface area contributed by atoms with Gasteiger partial charge in [-0.15, -0.1) is 0 Å². The van der Waals surface area contributed by atoms with Gasteiger partial charge in [-0.05, 0) is 6.92 Å². The Morgan fingerprint density at radius 3 is 2.81 bits per heavy atom. The third kappa shape index (κ3) is 3.60. The fraction of sp³-hybridized carbons (Fsp3) is 0.444. The zero-order chi connectivity index (χ0) is 12.1. The van der Waals surface area contributed by atoms with Gasteiger partial charge in [0.05, 0.1) is 6.20 Å². The van der Waals surface area contributed by atoms with Gasteiger partial charge in [0.25, 0.3) is 0 Å². The molecule has 1 heterocycles. The maximum atomic E-state index is 11.2. The molecule has 0 aliphatic rings. The van der Waals surface area contributed by atoms with Crippen LogP contribution in [0.15, 0.2) is 12.4 Å². The van der Waals surface area contributed by atoms with Crippen molar-refractivity contribution in [2.24, 2.45) is 7.05 Å². The molecule has 0 spiro atoms. The zero-order valence-electron chi connectivity index (χ0n) is 9.10. The van der Waals surface area contributed by atoms with Crippen LogP contribution in [-0.4, -0.2) is 32.9 Å². The number of nitrogens with zero attached hydrogens (tertiary/aromatic N) is 2. The minimum Gasteiger partial charge on any atom is -0.480 e. The smallest absolute Gasteiger partial charge is 0.325 e. The fourth-order valence-electron chi connectivity index (χ4n) is 1.05. The maximum absolute atomic E-state index is 11.2. The van der Waals surface area contributed by atoms with E-state index in [0.29, 0.717) is 6.54 Å². The van der Waals surface area contributed by atoms with Crippen LogP contribution in [-0.2, 0) is 18.4 Å². The van der Waals surface area contributed by atoms with E-state index in [1.54, 1.807) is 24.1 Å². The summed E-state index contributed by atoms with van der Waals surface area (Å²) in [5, 5.41) is 17.3. The molecule has 1 rings (SSSR count). The summed E-state index contributed by atoms with van der Waals surface area (Å²) in [6, 6.07) is -1.42. The summed E-state index contributed by atoms with van der Waals surface area (Å²) in [7, 11) is 1.77. The van der Waals surface area contributed by atoms with Crippen molar-refractivity contribution >= 4 is 12.0 Å². The number of amides is 2. The maximum Gasteiger partial charge on any atom is 0.325 e. The average Bonchev–Trinajstić information content (AvgIpc) is 2.61. The van der Waals surface area contributed by atoms with E-state index >= 15 is 0 Å². The Balaban J connectivity index is 2.33. The van der Waals surface area contributed by atoms with Crippen molar-refractivity contribution in [3.05, 3.63) is 18.0 Å². The van der Waals surface area contributed by atoms with E-state index < -0.39 is 18.0 Å². The monoisotopic (exact) mass is 226 g/mol. The molecule has 1 unspecified atom stereocenters. The van der Waals surface area contributed by atoms with Gasteiger partial charge in [0.15, 0.2) is 0 Å². The first-order valence-corrected chi connectivity index (χ1v) is 4.73. The Labute approximate surface area is 92.4 Å². The second-order valence-electron chi connectivity index (χ2n) is 3.41. The van der Waals surface area contributed by atoms with Gasteiger partial charge in [0.1, 0.15) is 6.04 Å². The van der Waals surface area contributed by atoms with Gasteiger partial charge in [-0.1, -0.05) is 0 Å². The molecular formula is C9H14N4O3. The number of carboxylic acid groups (broad SMARTS) is 1. The van der Waals surface area contributed by atoms with Crippen LogP contribution in [0.1, 0.15) is 12.5 Å². The Bertz CT molecular complexity index is 388. The molecule has 1 aromatic heterocycles. The van der Waals surface area contributed by atoms with Crippen molar-refractivity contribution in [3.8, 4) is 0 Å². The Morgan fingerprint density at radius 1 is 1.62 bits per heavy atom. The molecule has 1 aromatic rings. The summed E-state index contributed by atoms with van der Waals surface area (Å²) in [6.45, 7) is 1.71. The first-order chi connectivity index (χ1) is 7.49. The number of carbonyl (C=O) groups is 2. The van der Waals surface area contributed by atoms with Gasteiger partial charge in [-0.3, -0.25) is 9.48 Å². The van der Waals surface area contributed by atoms with Crippen molar-refractivity contribution in [1.82, 2.24) is 20.4 Å². The Hall–Kier alpha value is -2.05. The first-order valence-electron chi connectivity index (χ1n) is 4.73. The van der Waals surface area contributed by atoms with Crippen molar-refractivity contribution < 1.29 is 14.7 Å². The molecular weight excluding hydrogens is 212 g/mol. The predicted molar refractivity (Wildman–Crippen MR) is 55.7 cm³/mol. The zero-order valence-corrected chi connectivity index (χ0v) is 9.10. The summed E-state index contributed by atoms with van der Waals surface area (Å²) in [4.78, 5) is 21.7. The van der Waals surface area contributed by atoms with Gasteiger partial charge in [-0.25, -0.2) is 4.79 Å². The molecule has 0 aromatic carbocycles. The fourth-order valence-corrected chi connectivity index (χ4v) is 1.05. The van der Waals surface area contributed by atoms with E-state index in [4.69, 9.17) is 5.11 Å². The average molecular weight is 226 g/mol. The van der Waals surface area contributed by atoms with Crippen molar-refractivity contribution in [1.29, 1.82) is 0 Å². The molecule has 0 radical (unpaired) electrons. The minimum absolute atomic E-state index is 0.312. The van der Waals surface area contributed by atoms with Crippen LogP contribution >= 0.6 is 0 Å². The topological polar surface area (TPSA) is 96.3 Å². The van der Waals surface area contributed by atoms with Gasteiger partial charge in [0.2, 0.25) is 0 Å². The number of rotatable bonds is 4. The first kappa shape index (κ1) is 12.0. The summed E-state index contributed by atoms with van der Waals surface area (Å²) in [5.41, 5.74) is 0.848. The molecule has 3 N–H and O–H groups in total. The molecule has 0 fully saturated rings. The largest absolute Gasteiger partial charge is 0.480 e. The van der Waals surface area contributed by atoms with E-state index in [9.17, 15) is 9.59 Å². The molecule has 0 aliphatic carbocycles. The van der Waals surface area contributed by atoms with E-state index in [1.807, 2.05) is 0 Å². The number of hydrogen-bond acceptors (Lipinski definition) is 3. The standard InChI is InChI=1S/C9H14N4O3/c1-6(8(14)15)12-9(16)10-3-7-4-11-13(2)5-7/h4-6H,3H2,1-2H3,(H,14,15)(H2,10,12,16). The summed E-state index contributed by atoms with van der Waals surface area (Å²) < 4.78 is 1.62. The molecule has 7 heteroatoms. The molecule has 7 nitrogen and oxygen atoms in total. The molecule has 1 atom stereocenters. The van der Waals surface area contributed by atoms with Crippen LogP contribution in [0.25, 0.3) is 0 Å². The summed E-state index contributed by atoms with van der Waals surface area (Å²) in [6.07, 6.45) is 3.39. The lowest BCUT2D eigenvalue weighted by Gasteiger charge is -2.09. The Kier molecular flexibility index (Phi) is 3.87. The van der Waals surface area contributed by atoms with Gasteiger partial charge < -0.3 is 15.7 Å². The second kappa shape index (κ2) is 5.15. The van der Waals surface area contributed by atoms with Crippen LogP contribution in [0.5, 0.6) is 0 Å². The molecule has 0 saturated heterocycles. The molecule has 16 heavy (non-hydrogen) atoms. The van der Waals surface area contributed by atoms with Gasteiger partial charge >= 0.3 is 12.0 Å². The number of hydrogen-bond donors (Lipinski definition) is 3. The van der Waals surface area contributed by atoms with E-state index in [0.717, 1.165) is 5.56 Å². The lowest BCUT2D eigenvalue weighted by Crippen LogP contribution is -2.44. The predicted octanol–water partition coefficient (Wildman–Crippen LogP) is -0.308. The normalized spacial score (nSPS) is 11.9. The number of aryl methyl sites for hydroxylation is 1. The highest BCUT2D eigenvalue weighted by Crippen LogP contribution is 1.94. The van der Waals surface area contributed by atoms with Crippen LogP contribution in [0.3, 0.4) is 0 Å². The lowest BCUT2D eigenvalue weighted by molar-refractivity contribution is -0.138. The quantitative estimate of drug-likeness (QED) is 0.656. The number of carbonyl (C=O) groups excluding carboxylic acids is 1. The number of aromatic nitrogens is 2. The van der Waals surface area contributed by atoms with Gasteiger partial charge in [0, 0.05) is 25.4 Å². The van der Waals surface area contributed by atoms with E-state index in [2.05, 4.69) is 15.7 Å². The minimum atomic E-state index is -1.07. The van der Waals surface area contributed by atoms with Crippen molar-refractivity contribution in [2.75, 3.05) is 0 Å². The second-order valence-corrected chi connectivity index (χ2v) is 3.41. The van der Waals surface area contributed by atoms with Crippen molar-refractivity contribution in [2.45, 2.75) is 19.5 Å². The molecule has 0 aliphatic heterocycles. The molecule has 2 amide bonds. The number of urea groups is 1. The number of carboxylic acids is 1. The van der Waals surface area contributed by atoms with Crippen molar-refractivity contribution in [3.63, 3.8) is 0 Å². The highest BCUT2D eigenvalue weighted by molar-refractivity contribution is 5.82. The molecule has 0 bridgehead atoms. The lowest BCUT2D eigenvalue weighted by atomic mass is 10.3. The van der Waals surface area contributed by atoms with Crippen LogP contribution < -0.4 is 10.6 Å². The third-order valence-corrected chi connectivity index (χ3v) is 1.93.